The lowest BCUT2D eigenvalue weighted by Crippen LogP contribution is -2.46. The largest absolute Gasteiger partial charge is 0.454 e. The van der Waals surface area contributed by atoms with Crippen LogP contribution in [0.15, 0.2) is 42.5 Å². The van der Waals surface area contributed by atoms with Crippen LogP contribution in [-0.4, -0.2) is 77.2 Å². The zero-order valence-electron chi connectivity index (χ0n) is 27.7. The van der Waals surface area contributed by atoms with Crippen molar-refractivity contribution < 1.29 is 14.3 Å². The Bertz CT molecular complexity index is 1740. The quantitative estimate of drug-likeness (QED) is 0.225. The Morgan fingerprint density at radius 3 is 2.28 bits per heavy atom. The number of aryl methyl sites for hydroxylation is 2. The molecule has 2 bridgehead atoms. The fourth-order valence-corrected chi connectivity index (χ4v) is 9.56. The number of hydrogen-bond acceptors (Lipinski definition) is 6. The van der Waals surface area contributed by atoms with E-state index < -0.39 is 5.41 Å². The Hall–Kier alpha value is -3.33. The summed E-state index contributed by atoms with van der Waals surface area (Å²) in [6, 6.07) is 16.4. The van der Waals surface area contributed by atoms with Crippen LogP contribution in [0.25, 0.3) is 21.5 Å². The first-order chi connectivity index (χ1) is 22.2. The summed E-state index contributed by atoms with van der Waals surface area (Å²) < 4.78 is 11.1. The molecule has 1 amide bonds. The minimum atomic E-state index is -0.526. The van der Waals surface area contributed by atoms with Crippen LogP contribution < -0.4 is 9.47 Å². The third-order valence-corrected chi connectivity index (χ3v) is 12.3. The van der Waals surface area contributed by atoms with Gasteiger partial charge in [-0.3, -0.25) is 9.69 Å². The molecule has 2 aromatic carbocycles. The molecule has 46 heavy (non-hydrogen) atoms. The average Bonchev–Trinajstić information content (AvgIpc) is 3.87. The van der Waals surface area contributed by atoms with Crippen LogP contribution in [0.1, 0.15) is 66.7 Å². The minimum Gasteiger partial charge on any atom is -0.454 e. The number of carbonyl (C=O) groups is 1. The van der Waals surface area contributed by atoms with Crippen LogP contribution >= 0.6 is 11.3 Å². The highest BCUT2D eigenvalue weighted by molar-refractivity contribution is 7.19. The highest BCUT2D eigenvalue weighted by atomic mass is 32.1. The zero-order valence-corrected chi connectivity index (χ0v) is 28.5. The van der Waals surface area contributed by atoms with Gasteiger partial charge in [0.15, 0.2) is 11.5 Å². The van der Waals surface area contributed by atoms with Crippen molar-refractivity contribution in [2.24, 2.45) is 0 Å². The number of piperazine rings is 1. The molecule has 6 heterocycles. The lowest BCUT2D eigenvalue weighted by molar-refractivity contribution is -0.137. The molecular formula is C38H46N4O3S. The van der Waals surface area contributed by atoms with Crippen molar-refractivity contribution in [2.75, 3.05) is 39.5 Å². The Balaban J connectivity index is 1.01. The minimum absolute atomic E-state index is 0.316. The van der Waals surface area contributed by atoms with Crippen LogP contribution in [0.2, 0.25) is 0 Å². The summed E-state index contributed by atoms with van der Waals surface area (Å²) in [5, 5.41) is 1.29. The summed E-state index contributed by atoms with van der Waals surface area (Å²) in [5.74, 6) is 2.02. The predicted octanol–water partition coefficient (Wildman–Crippen LogP) is 7.03. The summed E-state index contributed by atoms with van der Waals surface area (Å²) in [7, 11) is 0. The van der Waals surface area contributed by atoms with Crippen molar-refractivity contribution >= 4 is 27.5 Å². The van der Waals surface area contributed by atoms with Crippen molar-refractivity contribution in [2.45, 2.75) is 83.8 Å². The summed E-state index contributed by atoms with van der Waals surface area (Å²) in [6.07, 6.45) is 5.68. The fraction of sp³-hybridized carbons (Fsp3) is 0.500. The van der Waals surface area contributed by atoms with E-state index in [-0.39, 0.29) is 0 Å². The maximum absolute atomic E-state index is 14.0. The van der Waals surface area contributed by atoms with Gasteiger partial charge in [0.25, 0.3) is 0 Å². The second-order valence-electron chi connectivity index (χ2n) is 14.6. The summed E-state index contributed by atoms with van der Waals surface area (Å²) in [6.45, 7) is 15.2. The summed E-state index contributed by atoms with van der Waals surface area (Å²) in [4.78, 5) is 27.6. The monoisotopic (exact) mass is 638 g/mol. The van der Waals surface area contributed by atoms with Gasteiger partial charge in [-0.15, -0.1) is 11.3 Å². The van der Waals surface area contributed by atoms with E-state index in [1.807, 2.05) is 6.07 Å². The number of nitrogens with zero attached hydrogens (tertiary/aromatic N) is 3. The molecule has 4 aromatic rings. The van der Waals surface area contributed by atoms with Gasteiger partial charge in [0, 0.05) is 61.6 Å². The van der Waals surface area contributed by atoms with E-state index in [1.54, 1.807) is 11.3 Å². The molecule has 0 aliphatic carbocycles. The van der Waals surface area contributed by atoms with Gasteiger partial charge in [-0.25, -0.2) is 0 Å². The van der Waals surface area contributed by atoms with Gasteiger partial charge in [-0.05, 0) is 107 Å². The number of carbonyl (C=O) groups excluding carboxylic acids is 1. The number of ether oxygens (including phenoxy) is 2. The number of nitrogens with one attached hydrogen (secondary N) is 1. The van der Waals surface area contributed by atoms with Gasteiger partial charge < -0.3 is 24.3 Å². The van der Waals surface area contributed by atoms with Crippen molar-refractivity contribution in [1.29, 1.82) is 0 Å². The average molecular weight is 639 g/mol. The SMILES string of the molecule is Cc1cc(C)cc(-c2[nH]c3sc(C(C)(C)C(=O)N4C5CCC4CC5)cc3c2CCN2CCN(Cc3ccc4c(c3)OCO4)CC2)c1. The van der Waals surface area contributed by atoms with Crippen LogP contribution in [0.5, 0.6) is 11.5 Å². The number of aromatic nitrogens is 1. The molecule has 0 unspecified atom stereocenters. The number of hydrogen-bond donors (Lipinski definition) is 1. The maximum Gasteiger partial charge on any atom is 0.233 e. The van der Waals surface area contributed by atoms with Gasteiger partial charge in [-0.1, -0.05) is 23.3 Å². The van der Waals surface area contributed by atoms with Gasteiger partial charge in [-0.2, -0.15) is 0 Å². The van der Waals surface area contributed by atoms with E-state index in [4.69, 9.17) is 9.47 Å². The van der Waals surface area contributed by atoms with Gasteiger partial charge in [0.05, 0.1) is 11.1 Å². The molecular weight excluding hydrogens is 593 g/mol. The molecule has 0 saturated carbocycles. The zero-order chi connectivity index (χ0) is 31.6. The number of amides is 1. The normalized spacial score (nSPS) is 21.6. The Morgan fingerprint density at radius 1 is 0.891 bits per heavy atom. The molecule has 4 aliphatic heterocycles. The third kappa shape index (κ3) is 5.42. The number of rotatable bonds is 8. The van der Waals surface area contributed by atoms with E-state index in [0.29, 0.717) is 24.8 Å². The van der Waals surface area contributed by atoms with Crippen molar-refractivity contribution in [1.82, 2.24) is 19.7 Å². The number of aromatic amines is 1. The van der Waals surface area contributed by atoms with E-state index >= 15 is 0 Å². The van der Waals surface area contributed by atoms with Crippen LogP contribution in [0.3, 0.4) is 0 Å². The van der Waals surface area contributed by atoms with E-state index in [2.05, 4.69) is 83.8 Å². The standard InChI is InChI=1S/C38H46N4O3S/c1-24-17-25(2)19-27(18-24)35-30(11-12-40-13-15-41(16-14-40)22-26-5-10-32-33(20-26)45-23-44-32)31-21-34(46-36(31)39-35)38(3,4)37(43)42-28-6-7-29(42)9-8-28/h5,10,17-21,28-29,39H,6-9,11-16,22-23H2,1-4H3. The third-order valence-electron chi connectivity index (χ3n) is 10.9. The van der Waals surface area contributed by atoms with E-state index in [9.17, 15) is 4.79 Å². The fourth-order valence-electron chi connectivity index (χ4n) is 8.38. The molecule has 4 aliphatic rings. The molecule has 2 aromatic heterocycles. The number of H-pyrrole nitrogens is 1. The molecule has 8 rings (SSSR count). The lowest BCUT2D eigenvalue weighted by atomic mass is 9.88. The first-order valence-corrected chi connectivity index (χ1v) is 17.9. The molecule has 242 valence electrons. The summed E-state index contributed by atoms with van der Waals surface area (Å²) >= 11 is 1.78. The van der Waals surface area contributed by atoms with Crippen LogP contribution in [-0.2, 0) is 23.2 Å². The van der Waals surface area contributed by atoms with Crippen molar-refractivity contribution in [3.8, 4) is 22.8 Å². The molecule has 0 atom stereocenters. The van der Waals surface area contributed by atoms with E-state index in [1.165, 1.54) is 74.3 Å². The molecule has 3 saturated heterocycles. The van der Waals surface area contributed by atoms with Crippen LogP contribution in [0, 0.1) is 13.8 Å². The van der Waals surface area contributed by atoms with Crippen LogP contribution in [0.4, 0.5) is 0 Å². The predicted molar refractivity (Wildman–Crippen MR) is 185 cm³/mol. The highest BCUT2D eigenvalue weighted by Gasteiger charge is 2.47. The van der Waals surface area contributed by atoms with Crippen molar-refractivity contribution in [3.05, 3.63) is 69.6 Å². The van der Waals surface area contributed by atoms with Gasteiger partial charge in [0.1, 0.15) is 4.83 Å². The molecule has 1 N–H and O–H groups in total. The van der Waals surface area contributed by atoms with E-state index in [0.717, 1.165) is 57.2 Å². The molecule has 8 heteroatoms. The molecule has 0 spiro atoms. The Morgan fingerprint density at radius 2 is 1.57 bits per heavy atom. The Labute approximate surface area is 276 Å². The summed E-state index contributed by atoms with van der Waals surface area (Å²) in [5.41, 5.74) is 7.20. The number of benzene rings is 2. The smallest absolute Gasteiger partial charge is 0.233 e. The number of thiophene rings is 1. The Kier molecular flexibility index (Phi) is 7.65. The number of fused-ring (bicyclic) bond motifs is 4. The van der Waals surface area contributed by atoms with Crippen molar-refractivity contribution in [3.63, 3.8) is 0 Å². The lowest BCUT2D eigenvalue weighted by Gasteiger charge is -2.34. The highest BCUT2D eigenvalue weighted by Crippen LogP contribution is 2.45. The second kappa shape index (κ2) is 11.7. The van der Waals surface area contributed by atoms with Gasteiger partial charge >= 0.3 is 0 Å². The molecule has 3 fully saturated rings. The maximum atomic E-state index is 14.0. The molecule has 7 nitrogen and oxygen atoms in total. The first kappa shape index (κ1) is 30.0. The first-order valence-electron chi connectivity index (χ1n) is 17.1. The van der Waals surface area contributed by atoms with Gasteiger partial charge in [0.2, 0.25) is 12.7 Å². The molecule has 0 radical (unpaired) electrons. The second-order valence-corrected chi connectivity index (χ2v) is 15.6. The topological polar surface area (TPSA) is 61.0 Å².